The van der Waals surface area contributed by atoms with Crippen LogP contribution in [-0.2, 0) is 25.5 Å². The van der Waals surface area contributed by atoms with Crippen LogP contribution in [0.5, 0.6) is 0 Å². The summed E-state index contributed by atoms with van der Waals surface area (Å²) < 4.78 is 29.4. The number of aliphatic hydroxyl groups is 1. The smallest absolute Gasteiger partial charge is 0.314 e. The molecule has 3 amide bonds. The molecule has 0 unspecified atom stereocenters. The molecule has 4 N–H and O–H groups in total. The first kappa shape index (κ1) is 22.4. The fourth-order valence-electron chi connectivity index (χ4n) is 3.61. The van der Waals surface area contributed by atoms with Gasteiger partial charge in [-0.15, -0.1) is 0 Å². The average molecular weight is 425 g/mol. The van der Waals surface area contributed by atoms with Crippen LogP contribution in [0.2, 0.25) is 0 Å². The Morgan fingerprint density at radius 2 is 1.97 bits per heavy atom. The lowest BCUT2D eigenvalue weighted by molar-refractivity contribution is -0.124. The zero-order valence-electron chi connectivity index (χ0n) is 16.8. The minimum absolute atomic E-state index is 0.148. The van der Waals surface area contributed by atoms with Crippen LogP contribution in [0, 0.1) is 5.82 Å². The topological polar surface area (TPSA) is 118 Å². The van der Waals surface area contributed by atoms with Crippen LogP contribution in [0.1, 0.15) is 18.4 Å². The molecule has 2 aliphatic heterocycles. The van der Waals surface area contributed by atoms with Gasteiger partial charge in [0.05, 0.1) is 25.2 Å². The Balaban J connectivity index is 1.36. The van der Waals surface area contributed by atoms with Crippen LogP contribution >= 0.6 is 0 Å². The molecule has 2 heterocycles. The molecule has 3 rings (SSSR count). The van der Waals surface area contributed by atoms with Crippen molar-refractivity contribution in [2.24, 2.45) is 0 Å². The molecule has 2 fully saturated rings. The van der Waals surface area contributed by atoms with Crippen molar-refractivity contribution in [3.8, 4) is 0 Å². The van der Waals surface area contributed by atoms with Gasteiger partial charge >= 0.3 is 6.03 Å². The molecule has 10 heteroatoms. The molecule has 0 aliphatic carbocycles. The third kappa shape index (κ3) is 6.11. The molecule has 5 atom stereocenters. The Morgan fingerprint density at radius 1 is 1.20 bits per heavy atom. The fraction of sp³-hybridized carbons (Fsp3) is 0.600. The minimum atomic E-state index is -0.887. The van der Waals surface area contributed by atoms with Gasteiger partial charge < -0.3 is 35.3 Å². The third-order valence-corrected chi connectivity index (χ3v) is 5.15. The highest BCUT2D eigenvalue weighted by atomic mass is 19.1. The van der Waals surface area contributed by atoms with E-state index < -0.39 is 18.3 Å². The fourth-order valence-corrected chi connectivity index (χ4v) is 3.61. The number of carbonyl (C=O) groups excluding carboxylic acids is 2. The minimum Gasteiger partial charge on any atom is -0.388 e. The summed E-state index contributed by atoms with van der Waals surface area (Å²) in [6, 6.07) is 5.55. The summed E-state index contributed by atoms with van der Waals surface area (Å²) in [7, 11) is 1.55. The van der Waals surface area contributed by atoms with E-state index in [0.717, 1.165) is 5.56 Å². The Kier molecular flexibility index (Phi) is 7.97. The van der Waals surface area contributed by atoms with E-state index in [0.29, 0.717) is 26.1 Å². The van der Waals surface area contributed by atoms with Crippen molar-refractivity contribution in [3.63, 3.8) is 0 Å². The number of fused-ring (bicyclic) bond motifs is 1. The number of hydrogen-bond donors (Lipinski definition) is 4. The number of urea groups is 1. The van der Waals surface area contributed by atoms with Crippen molar-refractivity contribution in [3.05, 3.63) is 35.6 Å². The van der Waals surface area contributed by atoms with Crippen LogP contribution in [0.25, 0.3) is 0 Å². The molecule has 2 saturated heterocycles. The van der Waals surface area contributed by atoms with Crippen molar-refractivity contribution >= 4 is 11.9 Å². The number of halogens is 1. The molecule has 0 saturated carbocycles. The quantitative estimate of drug-likeness (QED) is 0.416. The summed E-state index contributed by atoms with van der Waals surface area (Å²) in [5.74, 6) is -0.514. The summed E-state index contributed by atoms with van der Waals surface area (Å²) in [4.78, 5) is 23.8. The molecule has 9 nitrogen and oxygen atoms in total. The van der Waals surface area contributed by atoms with Gasteiger partial charge in [0.15, 0.2) is 0 Å². The Hall–Kier alpha value is -2.27. The van der Waals surface area contributed by atoms with Crippen LogP contribution in [0.15, 0.2) is 24.3 Å². The first-order chi connectivity index (χ1) is 14.5. The lowest BCUT2D eigenvalue weighted by Gasteiger charge is -2.20. The van der Waals surface area contributed by atoms with Crippen LogP contribution in [0.4, 0.5) is 9.18 Å². The molecule has 0 radical (unpaired) electrons. The predicted molar refractivity (Wildman–Crippen MR) is 104 cm³/mol. The van der Waals surface area contributed by atoms with Gasteiger partial charge in [0.1, 0.15) is 24.1 Å². The zero-order chi connectivity index (χ0) is 21.5. The van der Waals surface area contributed by atoms with Crippen molar-refractivity contribution in [1.82, 2.24) is 16.0 Å². The number of carbonyl (C=O) groups is 2. The standard InChI is InChI=1S/C20H28FN3O6/c1-28-7-6-22-20(27)24-11-16-18(26)19-15(30-16)8-14(29-19)9-17(25)23-10-12-2-4-13(21)5-3-12/h2-5,14-16,18-19,26H,6-11H2,1H3,(H,23,25)(H2,22,24,27)/t14-,15+,16+,18+,19-/m0/s1. The number of nitrogens with one attached hydrogen (secondary N) is 3. The molecule has 1 aromatic rings. The number of hydrogen-bond acceptors (Lipinski definition) is 6. The Morgan fingerprint density at radius 3 is 2.67 bits per heavy atom. The molecule has 1 aromatic carbocycles. The van der Waals surface area contributed by atoms with Crippen LogP contribution in [0.3, 0.4) is 0 Å². The van der Waals surface area contributed by atoms with Gasteiger partial charge in [-0.2, -0.15) is 0 Å². The summed E-state index contributed by atoms with van der Waals surface area (Å²) in [5.41, 5.74) is 0.800. The van der Waals surface area contributed by atoms with Crippen molar-refractivity contribution in [2.75, 3.05) is 26.8 Å². The van der Waals surface area contributed by atoms with E-state index in [9.17, 15) is 19.1 Å². The van der Waals surface area contributed by atoms with Gasteiger partial charge in [0.2, 0.25) is 5.91 Å². The van der Waals surface area contributed by atoms with Gasteiger partial charge in [-0.1, -0.05) is 12.1 Å². The molecule has 0 bridgehead atoms. The number of ether oxygens (including phenoxy) is 3. The van der Waals surface area contributed by atoms with E-state index in [4.69, 9.17) is 14.2 Å². The lowest BCUT2D eigenvalue weighted by Crippen LogP contribution is -2.44. The summed E-state index contributed by atoms with van der Waals surface area (Å²) >= 11 is 0. The monoisotopic (exact) mass is 425 g/mol. The number of rotatable bonds is 9. The van der Waals surface area contributed by atoms with Gasteiger partial charge in [0.25, 0.3) is 0 Å². The molecular formula is C20H28FN3O6. The van der Waals surface area contributed by atoms with E-state index in [1.807, 2.05) is 0 Å². The number of aliphatic hydroxyl groups excluding tert-OH is 1. The van der Waals surface area contributed by atoms with Crippen molar-refractivity contribution < 1.29 is 33.3 Å². The van der Waals surface area contributed by atoms with Crippen molar-refractivity contribution in [1.29, 1.82) is 0 Å². The number of methoxy groups -OCH3 is 1. The summed E-state index contributed by atoms with van der Waals surface area (Å²) in [6.07, 6.45) is -2.02. The molecule has 2 aliphatic rings. The summed E-state index contributed by atoms with van der Waals surface area (Å²) in [6.45, 7) is 1.25. The second kappa shape index (κ2) is 10.7. The zero-order valence-corrected chi connectivity index (χ0v) is 16.8. The second-order valence-corrected chi connectivity index (χ2v) is 7.40. The van der Waals surface area contributed by atoms with E-state index in [1.165, 1.54) is 12.1 Å². The Bertz CT molecular complexity index is 719. The molecule has 0 aromatic heterocycles. The lowest BCUT2D eigenvalue weighted by atomic mass is 10.1. The SMILES string of the molecule is COCCNC(=O)NC[C@H]1O[C@@H]2C[C@@H](CC(=O)NCc3ccc(F)cc3)O[C@@H]2[C@@H]1O. The maximum absolute atomic E-state index is 12.9. The van der Waals surface area contributed by atoms with E-state index >= 15 is 0 Å². The maximum Gasteiger partial charge on any atom is 0.314 e. The normalized spacial score (nSPS) is 27.5. The third-order valence-electron chi connectivity index (χ3n) is 5.15. The molecule has 0 spiro atoms. The first-order valence-corrected chi connectivity index (χ1v) is 9.97. The largest absolute Gasteiger partial charge is 0.388 e. The molecular weight excluding hydrogens is 397 g/mol. The van der Waals surface area contributed by atoms with Gasteiger partial charge in [0, 0.05) is 33.2 Å². The van der Waals surface area contributed by atoms with Crippen molar-refractivity contribution in [2.45, 2.75) is 49.9 Å². The number of amides is 3. The highest BCUT2D eigenvalue weighted by molar-refractivity contribution is 5.76. The van der Waals surface area contributed by atoms with E-state index in [-0.39, 0.29) is 42.9 Å². The number of benzene rings is 1. The van der Waals surface area contributed by atoms with Gasteiger partial charge in [-0.05, 0) is 17.7 Å². The van der Waals surface area contributed by atoms with Crippen LogP contribution in [-0.4, -0.2) is 74.4 Å². The maximum atomic E-state index is 12.9. The Labute approximate surface area is 174 Å². The highest BCUT2D eigenvalue weighted by Crippen LogP contribution is 2.35. The average Bonchev–Trinajstić information content (AvgIpc) is 3.24. The van der Waals surface area contributed by atoms with Gasteiger partial charge in [-0.3, -0.25) is 4.79 Å². The molecule has 30 heavy (non-hydrogen) atoms. The molecule has 166 valence electrons. The second-order valence-electron chi connectivity index (χ2n) is 7.40. The van der Waals surface area contributed by atoms with Gasteiger partial charge in [-0.25, -0.2) is 9.18 Å². The summed E-state index contributed by atoms with van der Waals surface area (Å²) in [5, 5.41) is 18.5. The van der Waals surface area contributed by atoms with E-state index in [1.54, 1.807) is 19.2 Å². The highest BCUT2D eigenvalue weighted by Gasteiger charge is 2.50. The van der Waals surface area contributed by atoms with Crippen LogP contribution < -0.4 is 16.0 Å². The van der Waals surface area contributed by atoms with E-state index in [2.05, 4.69) is 16.0 Å². The first-order valence-electron chi connectivity index (χ1n) is 9.97. The predicted octanol–water partition coefficient (Wildman–Crippen LogP) is 0.0634.